The van der Waals surface area contributed by atoms with Crippen LogP contribution in [0.5, 0.6) is 0 Å². The molecule has 0 unspecified atom stereocenters. The van der Waals surface area contributed by atoms with Gasteiger partial charge in [-0.15, -0.1) is 0 Å². The highest BCUT2D eigenvalue weighted by Crippen LogP contribution is 2.26. The van der Waals surface area contributed by atoms with Crippen molar-refractivity contribution >= 4 is 50.9 Å². The van der Waals surface area contributed by atoms with Gasteiger partial charge >= 0.3 is 0 Å². The maximum Gasteiger partial charge on any atom is 0.271 e. The second kappa shape index (κ2) is 9.90. The molecule has 4 heterocycles. The number of amides is 2. The number of hydrogen-bond acceptors (Lipinski definition) is 9. The molecule has 1 aliphatic rings. The van der Waals surface area contributed by atoms with Crippen molar-refractivity contribution in [1.82, 2.24) is 29.4 Å². The molecule has 1 fully saturated rings. The number of primary amides is 1. The van der Waals surface area contributed by atoms with Crippen molar-refractivity contribution in [2.45, 2.75) is 39.3 Å². The summed E-state index contributed by atoms with van der Waals surface area (Å²) < 4.78 is 6.10. The molecule has 12 heteroatoms. The lowest BCUT2D eigenvalue weighted by atomic mass is 10.0. The number of nitrogens with two attached hydrogens (primary N) is 1. The average molecular weight is 506 g/mol. The van der Waals surface area contributed by atoms with Crippen molar-refractivity contribution in [2.24, 2.45) is 5.73 Å². The monoisotopic (exact) mass is 505 g/mol. The van der Waals surface area contributed by atoms with Crippen LogP contribution in [0, 0.1) is 6.92 Å². The number of hydrogen-bond donors (Lipinski definition) is 3. The molecule has 3 aromatic heterocycles. The smallest absolute Gasteiger partial charge is 0.271 e. The molecule has 186 valence electrons. The molecule has 0 bridgehead atoms. The second-order valence-electron chi connectivity index (χ2n) is 8.76. The number of aromatic nitrogens is 5. The Bertz CT molecular complexity index is 1430. The molecule has 1 saturated heterocycles. The van der Waals surface area contributed by atoms with Crippen molar-refractivity contribution in [3.63, 3.8) is 0 Å². The number of nitrogens with zero attached hydrogens (tertiary/aromatic N) is 6. The van der Waals surface area contributed by atoms with E-state index in [-0.39, 0.29) is 23.5 Å². The molecule has 0 spiro atoms. The van der Waals surface area contributed by atoms with Gasteiger partial charge in [0, 0.05) is 42.8 Å². The van der Waals surface area contributed by atoms with Crippen molar-refractivity contribution in [3.05, 3.63) is 53.6 Å². The predicted molar refractivity (Wildman–Crippen MR) is 139 cm³/mol. The lowest BCUT2D eigenvalue weighted by Gasteiger charge is -2.34. The third kappa shape index (κ3) is 4.98. The third-order valence-corrected chi connectivity index (χ3v) is 6.88. The largest absolute Gasteiger partial charge is 0.364 e. The summed E-state index contributed by atoms with van der Waals surface area (Å²) in [6.45, 7) is 6.03. The van der Waals surface area contributed by atoms with Crippen LogP contribution in [0.15, 0.2) is 36.7 Å². The summed E-state index contributed by atoms with van der Waals surface area (Å²) in [5.74, 6) is 0.112. The Balaban J connectivity index is 1.31. The molecule has 1 aromatic carbocycles. The number of carbonyl (C=O) groups is 2. The highest BCUT2D eigenvalue weighted by Gasteiger charge is 2.25. The Morgan fingerprint density at radius 1 is 1.28 bits per heavy atom. The molecule has 0 aliphatic carbocycles. The van der Waals surface area contributed by atoms with Gasteiger partial charge in [-0.25, -0.2) is 9.97 Å². The van der Waals surface area contributed by atoms with E-state index in [2.05, 4.69) is 35.0 Å². The molecular weight excluding hydrogens is 478 g/mol. The molecule has 0 saturated carbocycles. The first kappa shape index (κ1) is 23.7. The first-order chi connectivity index (χ1) is 17.4. The van der Waals surface area contributed by atoms with Crippen LogP contribution in [0.1, 0.15) is 46.3 Å². The highest BCUT2D eigenvalue weighted by molar-refractivity contribution is 7.10. The minimum absolute atomic E-state index is 0.0570. The number of carbonyl (C=O) groups excluding carboxylic acids is 2. The summed E-state index contributed by atoms with van der Waals surface area (Å²) in [5, 5.41) is 12.4. The minimum Gasteiger partial charge on any atom is -0.364 e. The molecule has 36 heavy (non-hydrogen) atoms. The Morgan fingerprint density at radius 2 is 2.14 bits per heavy atom. The number of piperidine rings is 1. The number of nitrogens with one attached hydrogen (secondary N) is 2. The maximum atomic E-state index is 13.0. The van der Waals surface area contributed by atoms with Crippen LogP contribution in [-0.2, 0) is 6.54 Å². The quantitative estimate of drug-likeness (QED) is 0.348. The van der Waals surface area contributed by atoms with E-state index in [4.69, 9.17) is 5.73 Å². The summed E-state index contributed by atoms with van der Waals surface area (Å²) >= 11 is 1.27. The van der Waals surface area contributed by atoms with Crippen LogP contribution in [0.2, 0.25) is 0 Å². The van der Waals surface area contributed by atoms with Gasteiger partial charge in [-0.1, -0.05) is 0 Å². The maximum absolute atomic E-state index is 13.0. The van der Waals surface area contributed by atoms with Gasteiger partial charge in [-0.3, -0.25) is 14.3 Å². The number of anilines is 3. The lowest BCUT2D eigenvalue weighted by molar-refractivity contribution is 0.0932. The van der Waals surface area contributed by atoms with Crippen LogP contribution in [0.25, 0.3) is 10.9 Å². The predicted octanol–water partition coefficient (Wildman–Crippen LogP) is 2.85. The van der Waals surface area contributed by atoms with Crippen LogP contribution < -0.4 is 21.3 Å². The SMILES string of the molecule is CCn1cc2cc(C(=O)N[C@@H]3CCCN(c4cnc(C(N)=O)c(Nc5cc(C)ns5)n4)C3)ccc2n1. The molecular formula is C24H27N9O2S. The van der Waals surface area contributed by atoms with Crippen molar-refractivity contribution in [2.75, 3.05) is 23.3 Å². The third-order valence-electron chi connectivity index (χ3n) is 6.08. The van der Waals surface area contributed by atoms with Gasteiger partial charge in [-0.2, -0.15) is 9.47 Å². The number of aryl methyl sites for hydroxylation is 2. The van der Waals surface area contributed by atoms with E-state index in [1.54, 1.807) is 12.3 Å². The highest BCUT2D eigenvalue weighted by atomic mass is 32.1. The van der Waals surface area contributed by atoms with Gasteiger partial charge in [0.1, 0.15) is 10.8 Å². The summed E-state index contributed by atoms with van der Waals surface area (Å²) in [5.41, 5.74) is 7.92. The van der Waals surface area contributed by atoms with Crippen LogP contribution >= 0.6 is 11.5 Å². The van der Waals surface area contributed by atoms with Crippen molar-refractivity contribution in [1.29, 1.82) is 0 Å². The average Bonchev–Trinajstić information content (AvgIpc) is 3.48. The van der Waals surface area contributed by atoms with E-state index in [0.29, 0.717) is 17.9 Å². The van der Waals surface area contributed by atoms with Gasteiger partial charge in [0.25, 0.3) is 11.8 Å². The zero-order valence-electron chi connectivity index (χ0n) is 20.1. The van der Waals surface area contributed by atoms with E-state index >= 15 is 0 Å². The molecule has 1 atom stereocenters. The van der Waals surface area contributed by atoms with E-state index in [1.165, 1.54) is 11.5 Å². The summed E-state index contributed by atoms with van der Waals surface area (Å²) in [6.07, 6.45) is 5.23. The Kier molecular flexibility index (Phi) is 6.51. The van der Waals surface area contributed by atoms with Crippen molar-refractivity contribution < 1.29 is 9.59 Å². The molecule has 1 aliphatic heterocycles. The van der Waals surface area contributed by atoms with Gasteiger partial charge in [-0.05, 0) is 62.5 Å². The van der Waals surface area contributed by atoms with Gasteiger partial charge in [0.15, 0.2) is 11.5 Å². The first-order valence-corrected chi connectivity index (χ1v) is 12.6. The summed E-state index contributed by atoms with van der Waals surface area (Å²) in [7, 11) is 0. The molecule has 5 rings (SSSR count). The van der Waals surface area contributed by atoms with Crippen LogP contribution in [0.3, 0.4) is 0 Å². The van der Waals surface area contributed by atoms with Crippen molar-refractivity contribution in [3.8, 4) is 0 Å². The Hall–Kier alpha value is -4.06. The molecule has 11 nitrogen and oxygen atoms in total. The Labute approximate surface area is 211 Å². The standard InChI is InChI=1S/C24H27N9O2S/c1-3-33-12-16-10-15(6-7-18(16)30-33)24(35)27-17-5-4-8-32(13-17)19-11-26-21(22(25)34)23(28-19)29-20-9-14(2)31-36-20/h6-7,9-12,17H,3-5,8,13H2,1-2H3,(H2,25,34)(H,27,35)(H,28,29)/t17-/m1/s1. The zero-order valence-corrected chi connectivity index (χ0v) is 20.9. The van der Waals surface area contributed by atoms with Gasteiger partial charge in [0.2, 0.25) is 0 Å². The number of rotatable bonds is 7. The van der Waals surface area contributed by atoms with E-state index in [1.807, 2.05) is 42.9 Å². The molecule has 0 radical (unpaired) electrons. The topological polar surface area (TPSA) is 144 Å². The normalized spacial score (nSPS) is 15.7. The molecule has 4 aromatic rings. The molecule has 4 N–H and O–H groups in total. The summed E-state index contributed by atoms with van der Waals surface area (Å²) in [6, 6.07) is 7.36. The summed E-state index contributed by atoms with van der Waals surface area (Å²) in [4.78, 5) is 35.9. The minimum atomic E-state index is -0.664. The van der Waals surface area contributed by atoms with Gasteiger partial charge in [0.05, 0.1) is 17.4 Å². The Morgan fingerprint density at radius 3 is 2.89 bits per heavy atom. The second-order valence-corrected chi connectivity index (χ2v) is 9.57. The fourth-order valence-corrected chi connectivity index (χ4v) is 4.95. The van der Waals surface area contributed by atoms with Crippen LogP contribution in [-0.4, -0.2) is 55.1 Å². The van der Waals surface area contributed by atoms with Gasteiger partial charge < -0.3 is 21.3 Å². The fraction of sp³-hybridized carbons (Fsp3) is 0.333. The number of fused-ring (bicyclic) bond motifs is 1. The van der Waals surface area contributed by atoms with E-state index in [0.717, 1.165) is 47.5 Å². The first-order valence-electron chi connectivity index (χ1n) is 11.8. The number of benzene rings is 1. The van der Waals surface area contributed by atoms with E-state index in [9.17, 15) is 9.59 Å². The van der Waals surface area contributed by atoms with E-state index < -0.39 is 5.91 Å². The lowest BCUT2D eigenvalue weighted by Crippen LogP contribution is -2.48. The van der Waals surface area contributed by atoms with Crippen LogP contribution in [0.4, 0.5) is 16.6 Å². The fourth-order valence-electron chi connectivity index (χ4n) is 4.29. The molecule has 2 amide bonds. The zero-order chi connectivity index (χ0) is 25.2.